The molecule has 3 atom stereocenters. The summed E-state index contributed by atoms with van der Waals surface area (Å²) in [5.41, 5.74) is 0. The van der Waals surface area contributed by atoms with E-state index in [1.807, 2.05) is 0 Å². The second kappa shape index (κ2) is 6.18. The van der Waals surface area contributed by atoms with Gasteiger partial charge in [-0.15, -0.1) is 0 Å². The van der Waals surface area contributed by atoms with Crippen LogP contribution in [0.2, 0.25) is 31.7 Å². The third-order valence-corrected chi connectivity index (χ3v) is 9.27. The molecule has 4 nitrogen and oxygen atoms in total. The number of hydrogen-bond acceptors (Lipinski definition) is 4. The average Bonchev–Trinajstić information content (AvgIpc) is 2.20. The molecule has 0 N–H and O–H groups in total. The van der Waals surface area contributed by atoms with E-state index in [0.717, 1.165) is 25.7 Å². The molecule has 3 heterocycles. The van der Waals surface area contributed by atoms with Gasteiger partial charge in [-0.25, -0.2) is 0 Å². The molecule has 3 aliphatic heterocycles. The van der Waals surface area contributed by atoms with Gasteiger partial charge >= 0.3 is 8.80 Å². The van der Waals surface area contributed by atoms with Gasteiger partial charge in [-0.05, 0) is 20.8 Å². The lowest BCUT2D eigenvalue weighted by Gasteiger charge is -2.45. The van der Waals surface area contributed by atoms with Crippen LogP contribution < -0.4 is 0 Å². The highest BCUT2D eigenvalue weighted by molar-refractivity contribution is 6.77. The Bertz CT molecular complexity index is 299. The Balaban J connectivity index is 2.18. The van der Waals surface area contributed by atoms with Crippen LogP contribution >= 0.6 is 0 Å². The number of hydrogen-bond donors (Lipinski definition) is 0. The van der Waals surface area contributed by atoms with E-state index in [1.54, 1.807) is 0 Å². The Labute approximate surface area is 126 Å². The molecule has 0 aliphatic carbocycles. The Morgan fingerprint density at radius 3 is 1.65 bits per heavy atom. The first kappa shape index (κ1) is 16.6. The second-order valence-electron chi connectivity index (χ2n) is 7.75. The Morgan fingerprint density at radius 1 is 0.900 bits per heavy atom. The fourth-order valence-corrected chi connectivity index (χ4v) is 9.94. The van der Waals surface area contributed by atoms with Gasteiger partial charge in [-0.2, -0.15) is 0 Å². The highest BCUT2D eigenvalue weighted by Crippen LogP contribution is 2.31. The summed E-state index contributed by atoms with van der Waals surface area (Å²) in [6.07, 6.45) is 0.634. The van der Waals surface area contributed by atoms with E-state index >= 15 is 0 Å². The predicted octanol–water partition coefficient (Wildman–Crippen LogP) is 2.81. The topological polar surface area (TPSA) is 30.9 Å². The monoisotopic (exact) mass is 317 g/mol. The van der Waals surface area contributed by atoms with E-state index in [4.69, 9.17) is 13.3 Å². The van der Waals surface area contributed by atoms with Gasteiger partial charge in [0.15, 0.2) is 0 Å². The molecule has 118 valence electrons. The molecule has 0 unspecified atom stereocenters. The van der Waals surface area contributed by atoms with Crippen LogP contribution in [-0.4, -0.2) is 59.7 Å². The summed E-state index contributed by atoms with van der Waals surface area (Å²) in [4.78, 5) is 2.41. The van der Waals surface area contributed by atoms with E-state index in [0.29, 0.717) is 0 Å². The van der Waals surface area contributed by atoms with Crippen LogP contribution in [0.1, 0.15) is 20.8 Å². The minimum Gasteiger partial charge on any atom is -0.369 e. The second-order valence-corrected chi connectivity index (χ2v) is 15.9. The van der Waals surface area contributed by atoms with Gasteiger partial charge in [0.05, 0.1) is 18.3 Å². The predicted molar refractivity (Wildman–Crippen MR) is 86.8 cm³/mol. The molecule has 20 heavy (non-hydrogen) atoms. The van der Waals surface area contributed by atoms with Gasteiger partial charge < -0.3 is 13.3 Å². The largest absolute Gasteiger partial charge is 0.501 e. The van der Waals surface area contributed by atoms with Gasteiger partial charge in [0.2, 0.25) is 0 Å². The molecule has 3 saturated heterocycles. The van der Waals surface area contributed by atoms with E-state index in [1.165, 1.54) is 6.04 Å². The van der Waals surface area contributed by atoms with E-state index in [9.17, 15) is 0 Å². The van der Waals surface area contributed by atoms with Gasteiger partial charge in [-0.1, -0.05) is 25.7 Å². The third-order valence-electron chi connectivity index (χ3n) is 3.87. The summed E-state index contributed by atoms with van der Waals surface area (Å²) in [7, 11) is -3.63. The summed E-state index contributed by atoms with van der Waals surface area (Å²) in [5, 5.41) is 0. The minimum absolute atomic E-state index is 0.211. The van der Waals surface area contributed by atoms with Crippen LogP contribution in [0.25, 0.3) is 0 Å². The molecule has 0 amide bonds. The van der Waals surface area contributed by atoms with Crippen molar-refractivity contribution in [2.75, 3.05) is 19.6 Å². The lowest BCUT2D eigenvalue weighted by molar-refractivity contribution is -0.0783. The molecule has 2 bridgehead atoms. The van der Waals surface area contributed by atoms with Crippen molar-refractivity contribution in [2.24, 2.45) is 0 Å². The first-order valence-corrected chi connectivity index (χ1v) is 13.6. The van der Waals surface area contributed by atoms with Gasteiger partial charge in [0.1, 0.15) is 0 Å². The number of nitrogens with zero attached hydrogens (tertiary/aromatic N) is 1. The zero-order valence-corrected chi connectivity index (χ0v) is 15.9. The van der Waals surface area contributed by atoms with Crippen molar-refractivity contribution in [3.8, 4) is 0 Å². The smallest absolute Gasteiger partial charge is 0.369 e. The standard InChI is InChI=1S/C14H31NO3Si2/c1-12-9-15-10-13(2)17-20(16-12,18-14(3)11-15)8-7-19(4,5)6/h12-14H,7-11H2,1-6H3/t12-,13-,14-/m1/s1. The maximum absolute atomic E-state index is 6.36. The van der Waals surface area contributed by atoms with Crippen molar-refractivity contribution in [1.82, 2.24) is 4.90 Å². The molecule has 0 aromatic heterocycles. The van der Waals surface area contributed by atoms with Gasteiger partial charge in [0.25, 0.3) is 0 Å². The highest BCUT2D eigenvalue weighted by Gasteiger charge is 2.49. The van der Waals surface area contributed by atoms with Crippen molar-refractivity contribution in [3.05, 3.63) is 0 Å². The first-order valence-electron chi connectivity index (χ1n) is 7.93. The Morgan fingerprint density at radius 2 is 1.30 bits per heavy atom. The molecule has 0 aromatic rings. The summed E-state index contributed by atoms with van der Waals surface area (Å²) in [5.74, 6) is 0. The molecule has 3 rings (SSSR count). The molecule has 6 heteroatoms. The maximum Gasteiger partial charge on any atom is 0.501 e. The lowest BCUT2D eigenvalue weighted by atomic mass is 10.2. The number of rotatable bonds is 3. The fourth-order valence-electron chi connectivity index (χ4n) is 3.13. The maximum atomic E-state index is 6.36. The fraction of sp³-hybridized carbons (Fsp3) is 1.00. The zero-order valence-electron chi connectivity index (χ0n) is 13.9. The van der Waals surface area contributed by atoms with Crippen molar-refractivity contribution in [3.63, 3.8) is 0 Å². The normalized spacial score (nSPS) is 42.9. The number of fused-ring (bicyclic) bond motifs is 6. The van der Waals surface area contributed by atoms with E-state index in [-0.39, 0.29) is 18.3 Å². The third kappa shape index (κ3) is 4.64. The van der Waals surface area contributed by atoms with Crippen molar-refractivity contribution < 1.29 is 13.3 Å². The van der Waals surface area contributed by atoms with Crippen LogP contribution in [0, 0.1) is 0 Å². The van der Waals surface area contributed by atoms with Gasteiger partial charge in [-0.3, -0.25) is 4.90 Å². The van der Waals surface area contributed by atoms with Crippen molar-refractivity contribution in [2.45, 2.75) is 70.8 Å². The molecular formula is C14H31NO3Si2. The SMILES string of the molecule is C[C@@H]1CN2C[C@@H](C)O[Si](CC[Si](C)(C)C)(O1)O[C@H](C)C2. The molecule has 3 aliphatic rings. The van der Waals surface area contributed by atoms with E-state index in [2.05, 4.69) is 45.3 Å². The molecule has 0 radical (unpaired) electrons. The molecular weight excluding hydrogens is 286 g/mol. The quantitative estimate of drug-likeness (QED) is 0.749. The first-order chi connectivity index (χ1) is 9.17. The summed E-state index contributed by atoms with van der Waals surface area (Å²) >= 11 is 0. The Hall–Kier alpha value is 0.274. The van der Waals surface area contributed by atoms with Crippen LogP contribution in [-0.2, 0) is 13.3 Å². The molecule has 0 aromatic carbocycles. The van der Waals surface area contributed by atoms with Crippen LogP contribution in [0.4, 0.5) is 0 Å². The van der Waals surface area contributed by atoms with Crippen LogP contribution in [0.3, 0.4) is 0 Å². The van der Waals surface area contributed by atoms with E-state index < -0.39 is 16.9 Å². The lowest BCUT2D eigenvalue weighted by Crippen LogP contribution is -2.61. The summed E-state index contributed by atoms with van der Waals surface area (Å²) in [6, 6.07) is 2.21. The zero-order chi connectivity index (χ0) is 15.0. The minimum atomic E-state index is -2.52. The van der Waals surface area contributed by atoms with Crippen molar-refractivity contribution in [1.29, 1.82) is 0 Å². The highest BCUT2D eigenvalue weighted by atomic mass is 28.4. The molecule has 3 fully saturated rings. The van der Waals surface area contributed by atoms with Crippen LogP contribution in [0.15, 0.2) is 0 Å². The molecule has 0 saturated carbocycles. The average molecular weight is 318 g/mol. The van der Waals surface area contributed by atoms with Crippen molar-refractivity contribution >= 4 is 16.9 Å². The van der Waals surface area contributed by atoms with Gasteiger partial charge in [0, 0.05) is 33.8 Å². The Kier molecular flexibility index (Phi) is 5.14. The summed E-state index contributed by atoms with van der Waals surface area (Å²) in [6.45, 7) is 16.7. The molecule has 0 spiro atoms. The van der Waals surface area contributed by atoms with Crippen LogP contribution in [0.5, 0.6) is 0 Å². The summed E-state index contributed by atoms with van der Waals surface area (Å²) < 4.78 is 19.1.